The van der Waals surface area contributed by atoms with Crippen LogP contribution in [0.1, 0.15) is 38.0 Å². The maximum atomic E-state index is 13.9. The summed E-state index contributed by atoms with van der Waals surface area (Å²) < 4.78 is 27.8. The zero-order chi connectivity index (χ0) is 20.7. The molecule has 2 aliphatic rings. The van der Waals surface area contributed by atoms with Crippen LogP contribution >= 0.6 is 0 Å². The van der Waals surface area contributed by atoms with E-state index in [-0.39, 0.29) is 17.6 Å². The lowest BCUT2D eigenvalue weighted by molar-refractivity contribution is 0.147. The van der Waals surface area contributed by atoms with Crippen LogP contribution in [0.5, 0.6) is 0 Å². The lowest BCUT2D eigenvalue weighted by Crippen LogP contribution is -2.36. The predicted octanol–water partition coefficient (Wildman–Crippen LogP) is 2.55. The summed E-state index contributed by atoms with van der Waals surface area (Å²) in [6, 6.07) is 4.30. The number of nitrogens with zero attached hydrogens (tertiary/aromatic N) is 5. The lowest BCUT2D eigenvalue weighted by Gasteiger charge is -2.31. The molecular weight excluding hydrogens is 389 g/mol. The maximum absolute atomic E-state index is 13.9. The van der Waals surface area contributed by atoms with E-state index in [1.54, 1.807) is 10.6 Å². The molecule has 4 heterocycles. The highest BCUT2D eigenvalue weighted by molar-refractivity contribution is 5.77. The SMILES string of the molecule is CCn1c(=O)n(-c2noc(C3CCN(CC4CCOC4)CC3)n2)c2cc(F)ccc21. The molecule has 1 atom stereocenters. The van der Waals surface area contributed by atoms with Gasteiger partial charge in [-0.15, -0.1) is 0 Å². The van der Waals surface area contributed by atoms with Crippen molar-refractivity contribution in [2.24, 2.45) is 5.92 Å². The molecule has 0 spiro atoms. The number of fused-ring (bicyclic) bond motifs is 1. The second-order valence-corrected chi connectivity index (χ2v) is 8.23. The van der Waals surface area contributed by atoms with Crippen molar-refractivity contribution in [3.8, 4) is 5.95 Å². The van der Waals surface area contributed by atoms with Crippen LogP contribution in [0.3, 0.4) is 0 Å². The molecule has 9 heteroatoms. The van der Waals surface area contributed by atoms with Gasteiger partial charge in [0.05, 0.1) is 17.6 Å². The van der Waals surface area contributed by atoms with E-state index >= 15 is 0 Å². The molecule has 3 aromatic rings. The fourth-order valence-corrected chi connectivity index (χ4v) is 4.67. The van der Waals surface area contributed by atoms with Crippen molar-refractivity contribution in [3.63, 3.8) is 0 Å². The molecule has 2 aromatic heterocycles. The Bertz CT molecular complexity index is 1090. The van der Waals surface area contributed by atoms with E-state index in [0.29, 0.717) is 29.4 Å². The number of ether oxygens (including phenoxy) is 1. The van der Waals surface area contributed by atoms with Crippen LogP contribution in [0, 0.1) is 11.7 Å². The number of hydrogen-bond acceptors (Lipinski definition) is 6. The zero-order valence-electron chi connectivity index (χ0n) is 17.1. The first kappa shape index (κ1) is 19.4. The highest BCUT2D eigenvalue weighted by Gasteiger charge is 2.28. The predicted molar refractivity (Wildman–Crippen MR) is 108 cm³/mol. The Morgan fingerprint density at radius 1 is 1.20 bits per heavy atom. The first-order chi connectivity index (χ1) is 14.6. The highest BCUT2D eigenvalue weighted by Crippen LogP contribution is 2.29. The summed E-state index contributed by atoms with van der Waals surface area (Å²) in [6.45, 7) is 7.15. The van der Waals surface area contributed by atoms with Gasteiger partial charge in [0.1, 0.15) is 5.82 Å². The standard InChI is InChI=1S/C21H26FN5O3/c1-2-26-17-4-3-16(22)11-18(17)27(21(26)28)20-23-19(30-24-20)15-5-8-25(9-6-15)12-14-7-10-29-13-14/h3-4,11,14-15H,2,5-10,12-13H2,1H3. The third-order valence-electron chi connectivity index (χ3n) is 6.32. The molecule has 0 bridgehead atoms. The van der Waals surface area contributed by atoms with Gasteiger partial charge in [-0.3, -0.25) is 4.57 Å². The zero-order valence-corrected chi connectivity index (χ0v) is 17.1. The molecule has 1 aromatic carbocycles. The average Bonchev–Trinajstić information content (AvgIpc) is 3.48. The van der Waals surface area contributed by atoms with Crippen molar-refractivity contribution in [1.82, 2.24) is 24.2 Å². The second kappa shape index (κ2) is 7.96. The summed E-state index contributed by atoms with van der Waals surface area (Å²) in [7, 11) is 0. The van der Waals surface area contributed by atoms with E-state index < -0.39 is 5.82 Å². The molecule has 0 saturated carbocycles. The Balaban J connectivity index is 1.36. The van der Waals surface area contributed by atoms with Crippen LogP contribution < -0.4 is 5.69 Å². The number of imidazole rings is 1. The van der Waals surface area contributed by atoms with Crippen LogP contribution in [0.15, 0.2) is 27.5 Å². The van der Waals surface area contributed by atoms with Gasteiger partial charge in [-0.05, 0) is 62.5 Å². The van der Waals surface area contributed by atoms with E-state index in [1.807, 2.05) is 6.92 Å². The van der Waals surface area contributed by atoms with Gasteiger partial charge >= 0.3 is 5.69 Å². The van der Waals surface area contributed by atoms with Crippen molar-refractivity contribution in [3.05, 3.63) is 40.4 Å². The Morgan fingerprint density at radius 2 is 2.03 bits per heavy atom. The Kier molecular flexibility index (Phi) is 5.16. The Labute approximate surface area is 173 Å². The fraction of sp³-hybridized carbons (Fsp3) is 0.571. The largest absolute Gasteiger partial charge is 0.381 e. The summed E-state index contributed by atoms with van der Waals surface area (Å²) in [5.74, 6) is 1.13. The Morgan fingerprint density at radius 3 is 2.77 bits per heavy atom. The van der Waals surface area contributed by atoms with Gasteiger partial charge in [0.15, 0.2) is 0 Å². The molecule has 5 rings (SSSR count). The first-order valence-electron chi connectivity index (χ1n) is 10.7. The molecule has 0 N–H and O–H groups in total. The molecular formula is C21H26FN5O3. The molecule has 0 aliphatic carbocycles. The number of likely N-dealkylation sites (tertiary alicyclic amines) is 1. The smallest absolute Gasteiger partial charge is 0.336 e. The number of halogens is 1. The molecule has 2 saturated heterocycles. The molecule has 1 unspecified atom stereocenters. The molecule has 2 aliphatic heterocycles. The number of rotatable bonds is 5. The van der Waals surface area contributed by atoms with Gasteiger partial charge in [0.25, 0.3) is 5.95 Å². The van der Waals surface area contributed by atoms with Gasteiger partial charge in [0, 0.05) is 31.7 Å². The number of aryl methyl sites for hydroxylation is 1. The van der Waals surface area contributed by atoms with Crippen LogP contribution in [0.25, 0.3) is 17.0 Å². The topological polar surface area (TPSA) is 78.3 Å². The quantitative estimate of drug-likeness (QED) is 0.637. The van der Waals surface area contributed by atoms with Crippen molar-refractivity contribution < 1.29 is 13.7 Å². The van der Waals surface area contributed by atoms with E-state index in [1.165, 1.54) is 16.7 Å². The molecule has 8 nitrogen and oxygen atoms in total. The van der Waals surface area contributed by atoms with Crippen LogP contribution in [0.4, 0.5) is 4.39 Å². The Hall–Kier alpha value is -2.52. The number of aromatic nitrogens is 4. The summed E-state index contributed by atoms with van der Waals surface area (Å²) in [5, 5.41) is 4.06. The fourth-order valence-electron chi connectivity index (χ4n) is 4.67. The minimum atomic E-state index is -0.409. The molecule has 0 radical (unpaired) electrons. The molecule has 30 heavy (non-hydrogen) atoms. The number of piperidine rings is 1. The normalized spacial score (nSPS) is 21.1. The average molecular weight is 415 g/mol. The summed E-state index contributed by atoms with van der Waals surface area (Å²) in [4.78, 5) is 19.9. The van der Waals surface area contributed by atoms with Crippen LogP contribution in [-0.2, 0) is 11.3 Å². The van der Waals surface area contributed by atoms with Crippen molar-refractivity contribution >= 4 is 11.0 Å². The molecule has 0 amide bonds. The minimum Gasteiger partial charge on any atom is -0.381 e. The van der Waals surface area contributed by atoms with E-state index in [0.717, 1.165) is 52.1 Å². The highest BCUT2D eigenvalue weighted by atomic mass is 19.1. The summed E-state index contributed by atoms with van der Waals surface area (Å²) in [5.41, 5.74) is 0.807. The van der Waals surface area contributed by atoms with Gasteiger partial charge in [-0.25, -0.2) is 13.8 Å². The maximum Gasteiger partial charge on any atom is 0.336 e. The minimum absolute atomic E-state index is 0.170. The van der Waals surface area contributed by atoms with Gasteiger partial charge in [-0.2, -0.15) is 4.98 Å². The third-order valence-corrected chi connectivity index (χ3v) is 6.32. The van der Waals surface area contributed by atoms with Crippen LogP contribution in [-0.4, -0.2) is 57.0 Å². The molecule has 160 valence electrons. The second-order valence-electron chi connectivity index (χ2n) is 8.23. The van der Waals surface area contributed by atoms with Crippen molar-refractivity contribution in [2.45, 2.75) is 38.6 Å². The monoisotopic (exact) mass is 415 g/mol. The van der Waals surface area contributed by atoms with E-state index in [4.69, 9.17) is 9.26 Å². The van der Waals surface area contributed by atoms with Crippen LogP contribution in [0.2, 0.25) is 0 Å². The van der Waals surface area contributed by atoms with E-state index in [9.17, 15) is 9.18 Å². The molecule has 2 fully saturated rings. The number of hydrogen-bond donors (Lipinski definition) is 0. The van der Waals surface area contributed by atoms with Gasteiger partial charge < -0.3 is 14.2 Å². The number of benzene rings is 1. The van der Waals surface area contributed by atoms with Crippen molar-refractivity contribution in [2.75, 3.05) is 32.8 Å². The third kappa shape index (κ3) is 3.45. The van der Waals surface area contributed by atoms with E-state index in [2.05, 4.69) is 15.0 Å². The summed E-state index contributed by atoms with van der Waals surface area (Å²) >= 11 is 0. The first-order valence-corrected chi connectivity index (χ1v) is 10.7. The summed E-state index contributed by atoms with van der Waals surface area (Å²) in [6.07, 6.45) is 3.03. The lowest BCUT2D eigenvalue weighted by atomic mass is 9.95. The van der Waals surface area contributed by atoms with Gasteiger partial charge in [-0.1, -0.05) is 0 Å². The van der Waals surface area contributed by atoms with Gasteiger partial charge in [0.2, 0.25) is 5.89 Å². The van der Waals surface area contributed by atoms with Crippen molar-refractivity contribution in [1.29, 1.82) is 0 Å².